The number of carboxylic acid groups (broad SMARTS) is 1. The molecule has 0 aliphatic carbocycles. The molecular formula is C13H14F2N2O4. The van der Waals surface area contributed by atoms with Crippen LogP contribution in [0.3, 0.4) is 0 Å². The number of hydrogen-bond donors (Lipinski definition) is 2. The van der Waals surface area contributed by atoms with Gasteiger partial charge in [-0.05, 0) is 37.1 Å². The molecule has 114 valence electrons. The van der Waals surface area contributed by atoms with Crippen LogP contribution >= 0.6 is 0 Å². The van der Waals surface area contributed by atoms with Crippen molar-refractivity contribution in [1.82, 2.24) is 4.90 Å². The number of rotatable bonds is 4. The number of anilines is 1. The van der Waals surface area contributed by atoms with Gasteiger partial charge < -0.3 is 20.1 Å². The number of amides is 2. The molecule has 2 rings (SSSR count). The number of carbonyl (C=O) groups excluding carboxylic acids is 1. The number of benzene rings is 1. The van der Waals surface area contributed by atoms with Gasteiger partial charge in [-0.1, -0.05) is 0 Å². The molecule has 0 bridgehead atoms. The van der Waals surface area contributed by atoms with Crippen molar-refractivity contribution < 1.29 is 28.2 Å². The summed E-state index contributed by atoms with van der Waals surface area (Å²) in [5.41, 5.74) is 0.373. The van der Waals surface area contributed by atoms with E-state index in [1.54, 1.807) is 0 Å². The van der Waals surface area contributed by atoms with Gasteiger partial charge in [-0.2, -0.15) is 8.78 Å². The second-order valence-electron chi connectivity index (χ2n) is 4.52. The van der Waals surface area contributed by atoms with Crippen molar-refractivity contribution in [3.05, 3.63) is 24.3 Å². The van der Waals surface area contributed by atoms with Crippen molar-refractivity contribution in [2.75, 3.05) is 11.9 Å². The molecule has 2 N–H and O–H groups in total. The summed E-state index contributed by atoms with van der Waals surface area (Å²) in [6, 6.07) is 4.04. The smallest absolute Gasteiger partial charge is 0.387 e. The number of nitrogens with one attached hydrogen (secondary N) is 1. The van der Waals surface area contributed by atoms with E-state index >= 15 is 0 Å². The van der Waals surface area contributed by atoms with Crippen molar-refractivity contribution in [3.63, 3.8) is 0 Å². The van der Waals surface area contributed by atoms with Gasteiger partial charge in [0.2, 0.25) is 0 Å². The monoisotopic (exact) mass is 300 g/mol. The zero-order valence-corrected chi connectivity index (χ0v) is 11.0. The fraction of sp³-hybridized carbons (Fsp3) is 0.385. The third-order valence-corrected chi connectivity index (χ3v) is 3.13. The fourth-order valence-corrected chi connectivity index (χ4v) is 2.18. The average Bonchev–Trinajstić information content (AvgIpc) is 2.90. The standard InChI is InChI=1S/C13H14F2N2O4/c14-12(15)21-9-5-3-8(4-6-9)16-13(20)17-7-1-2-10(17)11(18)19/h3-6,10,12H,1-2,7H2,(H,16,20)(H,18,19). The first-order valence-corrected chi connectivity index (χ1v) is 6.32. The summed E-state index contributed by atoms with van der Waals surface area (Å²) in [7, 11) is 0. The van der Waals surface area contributed by atoms with Gasteiger partial charge in [0, 0.05) is 12.2 Å². The lowest BCUT2D eigenvalue weighted by Gasteiger charge is -2.21. The molecule has 1 aromatic carbocycles. The number of carbonyl (C=O) groups is 2. The van der Waals surface area contributed by atoms with Crippen LogP contribution in [-0.4, -0.2) is 41.2 Å². The Morgan fingerprint density at radius 3 is 2.57 bits per heavy atom. The van der Waals surface area contributed by atoms with E-state index in [9.17, 15) is 18.4 Å². The molecule has 1 atom stereocenters. The van der Waals surface area contributed by atoms with Crippen molar-refractivity contribution in [3.8, 4) is 5.75 Å². The van der Waals surface area contributed by atoms with E-state index in [1.165, 1.54) is 29.2 Å². The lowest BCUT2D eigenvalue weighted by Crippen LogP contribution is -2.42. The number of ether oxygens (including phenoxy) is 1. The van der Waals surface area contributed by atoms with Gasteiger partial charge in [-0.15, -0.1) is 0 Å². The third kappa shape index (κ3) is 3.80. The fourth-order valence-electron chi connectivity index (χ4n) is 2.18. The predicted octanol–water partition coefficient (Wildman–Crippen LogP) is 2.37. The second-order valence-corrected chi connectivity index (χ2v) is 4.52. The Morgan fingerprint density at radius 2 is 2.00 bits per heavy atom. The minimum absolute atomic E-state index is 0.0208. The number of alkyl halides is 2. The predicted molar refractivity (Wildman–Crippen MR) is 69.5 cm³/mol. The highest BCUT2D eigenvalue weighted by Gasteiger charge is 2.33. The number of nitrogens with zero attached hydrogens (tertiary/aromatic N) is 1. The topological polar surface area (TPSA) is 78.9 Å². The SMILES string of the molecule is O=C(O)C1CCCN1C(=O)Nc1ccc(OC(F)F)cc1. The maximum absolute atomic E-state index is 12.0. The molecule has 0 radical (unpaired) electrons. The highest BCUT2D eigenvalue weighted by molar-refractivity contribution is 5.92. The number of carboxylic acids is 1. The Labute approximate surface area is 119 Å². The van der Waals surface area contributed by atoms with Crippen LogP contribution in [0.4, 0.5) is 19.3 Å². The van der Waals surface area contributed by atoms with Crippen LogP contribution in [0.2, 0.25) is 0 Å². The Hall–Kier alpha value is -2.38. The van der Waals surface area contributed by atoms with Crippen LogP contribution in [0.1, 0.15) is 12.8 Å². The molecule has 0 aromatic heterocycles. The summed E-state index contributed by atoms with van der Waals surface area (Å²) >= 11 is 0. The maximum atomic E-state index is 12.0. The molecule has 1 aromatic rings. The summed E-state index contributed by atoms with van der Waals surface area (Å²) in [5, 5.41) is 11.5. The maximum Gasteiger partial charge on any atom is 0.387 e. The van der Waals surface area contributed by atoms with Gasteiger partial charge in [-0.3, -0.25) is 0 Å². The van der Waals surface area contributed by atoms with E-state index in [0.29, 0.717) is 25.1 Å². The van der Waals surface area contributed by atoms with Crippen LogP contribution in [0, 0.1) is 0 Å². The van der Waals surface area contributed by atoms with Crippen LogP contribution < -0.4 is 10.1 Å². The van der Waals surface area contributed by atoms with E-state index in [0.717, 1.165) is 0 Å². The van der Waals surface area contributed by atoms with Crippen LogP contribution in [0.5, 0.6) is 5.75 Å². The number of hydrogen-bond acceptors (Lipinski definition) is 3. The average molecular weight is 300 g/mol. The van der Waals surface area contributed by atoms with E-state index in [4.69, 9.17) is 5.11 Å². The van der Waals surface area contributed by atoms with Crippen molar-refractivity contribution in [1.29, 1.82) is 0 Å². The highest BCUT2D eigenvalue weighted by atomic mass is 19.3. The van der Waals surface area contributed by atoms with Gasteiger partial charge in [-0.25, -0.2) is 9.59 Å². The van der Waals surface area contributed by atoms with Gasteiger partial charge >= 0.3 is 18.6 Å². The summed E-state index contributed by atoms with van der Waals surface area (Å²) in [5.74, 6) is -1.06. The first-order valence-electron chi connectivity index (χ1n) is 6.32. The summed E-state index contributed by atoms with van der Waals surface area (Å²) in [6.07, 6.45) is 1.05. The minimum atomic E-state index is -2.91. The van der Waals surface area contributed by atoms with Crippen molar-refractivity contribution >= 4 is 17.7 Å². The van der Waals surface area contributed by atoms with Crippen LogP contribution in [0.15, 0.2) is 24.3 Å². The zero-order chi connectivity index (χ0) is 15.4. The minimum Gasteiger partial charge on any atom is -0.480 e. The summed E-state index contributed by atoms with van der Waals surface area (Å²) in [4.78, 5) is 24.2. The second kappa shape index (κ2) is 6.38. The Kier molecular flexibility index (Phi) is 4.56. The molecular weight excluding hydrogens is 286 g/mol. The van der Waals surface area contributed by atoms with Crippen LogP contribution in [-0.2, 0) is 4.79 Å². The Balaban J connectivity index is 1.97. The van der Waals surface area contributed by atoms with Crippen molar-refractivity contribution in [2.24, 2.45) is 0 Å². The molecule has 1 aliphatic rings. The van der Waals surface area contributed by atoms with Gasteiger partial charge in [0.25, 0.3) is 0 Å². The van der Waals surface area contributed by atoms with E-state index in [2.05, 4.69) is 10.1 Å². The molecule has 1 heterocycles. The Morgan fingerprint density at radius 1 is 1.33 bits per heavy atom. The summed E-state index contributed by atoms with van der Waals surface area (Å²) < 4.78 is 28.2. The quantitative estimate of drug-likeness (QED) is 0.894. The first-order chi connectivity index (χ1) is 9.97. The number of aliphatic carboxylic acids is 1. The van der Waals surface area contributed by atoms with Crippen molar-refractivity contribution in [2.45, 2.75) is 25.5 Å². The van der Waals surface area contributed by atoms with E-state index in [-0.39, 0.29) is 5.75 Å². The third-order valence-electron chi connectivity index (χ3n) is 3.13. The molecule has 21 heavy (non-hydrogen) atoms. The molecule has 6 nitrogen and oxygen atoms in total. The van der Waals surface area contributed by atoms with Gasteiger partial charge in [0.05, 0.1) is 0 Å². The van der Waals surface area contributed by atoms with E-state index in [1.807, 2.05) is 0 Å². The van der Waals surface area contributed by atoms with Crippen LogP contribution in [0.25, 0.3) is 0 Å². The molecule has 0 spiro atoms. The molecule has 1 unspecified atom stereocenters. The van der Waals surface area contributed by atoms with Gasteiger partial charge in [0.15, 0.2) is 0 Å². The van der Waals surface area contributed by atoms with E-state index < -0.39 is 24.7 Å². The molecule has 1 saturated heterocycles. The largest absolute Gasteiger partial charge is 0.480 e. The first kappa shape index (κ1) is 15.0. The lowest BCUT2D eigenvalue weighted by molar-refractivity contribution is -0.141. The lowest BCUT2D eigenvalue weighted by atomic mass is 10.2. The number of halogens is 2. The summed E-state index contributed by atoms with van der Waals surface area (Å²) in [6.45, 7) is -2.54. The normalized spacial score (nSPS) is 17.9. The Bertz CT molecular complexity index is 521. The molecule has 8 heteroatoms. The number of urea groups is 1. The number of likely N-dealkylation sites (tertiary alicyclic amines) is 1. The zero-order valence-electron chi connectivity index (χ0n) is 11.0. The van der Waals surface area contributed by atoms with Gasteiger partial charge in [0.1, 0.15) is 11.8 Å². The molecule has 1 aliphatic heterocycles. The highest BCUT2D eigenvalue weighted by Crippen LogP contribution is 2.21. The molecule has 2 amide bonds. The molecule has 0 saturated carbocycles. The molecule has 1 fully saturated rings.